The molecule has 1 aromatic heterocycles. The van der Waals surface area contributed by atoms with Gasteiger partial charge in [0.15, 0.2) is 6.79 Å². The van der Waals surface area contributed by atoms with Crippen molar-refractivity contribution in [2.45, 2.75) is 0 Å². The summed E-state index contributed by atoms with van der Waals surface area (Å²) in [7, 11) is 3.07. The minimum atomic E-state index is -0.339. The average molecular weight is 389 g/mol. The van der Waals surface area contributed by atoms with E-state index in [2.05, 4.69) is 4.98 Å². The number of benzene rings is 1. The van der Waals surface area contributed by atoms with E-state index in [9.17, 15) is 4.39 Å². The van der Waals surface area contributed by atoms with E-state index in [0.29, 0.717) is 26.2 Å². The van der Waals surface area contributed by atoms with Crippen LogP contribution < -0.4 is 9.47 Å². The normalized spacial score (nSPS) is 10.4. The number of ether oxygens (including phenoxy) is 3. The summed E-state index contributed by atoms with van der Waals surface area (Å²) in [6.45, 7) is 0.109. The minimum Gasteiger partial charge on any atom is -0.495 e. The molecule has 2 aromatic rings. The zero-order valence-corrected chi connectivity index (χ0v) is 13.2. The molecular weight excluding hydrogens is 376 g/mol. The Kier molecular flexibility index (Phi) is 5.13. The lowest BCUT2D eigenvalue weighted by atomic mass is 10.1. The van der Waals surface area contributed by atoms with Crippen molar-refractivity contribution >= 4 is 22.6 Å². The van der Waals surface area contributed by atoms with Gasteiger partial charge in [-0.15, -0.1) is 0 Å². The molecule has 0 saturated heterocycles. The highest BCUT2D eigenvalue weighted by atomic mass is 127. The van der Waals surface area contributed by atoms with Crippen molar-refractivity contribution in [3.05, 3.63) is 40.0 Å². The fourth-order valence-electron chi connectivity index (χ4n) is 1.66. The predicted octanol–water partition coefficient (Wildman–Crippen LogP) is 3.48. The van der Waals surface area contributed by atoms with Crippen LogP contribution in [0.1, 0.15) is 0 Å². The number of hydrogen-bond acceptors (Lipinski definition) is 4. The van der Waals surface area contributed by atoms with Crippen LogP contribution in [-0.2, 0) is 4.74 Å². The lowest BCUT2D eigenvalue weighted by Gasteiger charge is -2.11. The van der Waals surface area contributed by atoms with Gasteiger partial charge in [0.25, 0.3) is 0 Å². The van der Waals surface area contributed by atoms with Crippen LogP contribution in [0.5, 0.6) is 11.5 Å². The van der Waals surface area contributed by atoms with Crippen LogP contribution in [0.15, 0.2) is 30.6 Å². The molecule has 0 spiro atoms. The van der Waals surface area contributed by atoms with Gasteiger partial charge < -0.3 is 14.2 Å². The molecular formula is C14H13FINO3. The van der Waals surface area contributed by atoms with Gasteiger partial charge in [0.2, 0.25) is 0 Å². The first-order chi connectivity index (χ1) is 9.65. The largest absolute Gasteiger partial charge is 0.495 e. The topological polar surface area (TPSA) is 40.6 Å². The molecule has 0 unspecified atom stereocenters. The number of nitrogens with zero attached hydrogens (tertiary/aromatic N) is 1. The summed E-state index contributed by atoms with van der Waals surface area (Å²) in [5.74, 6) is 0.792. The number of halogens is 2. The Labute approximate surface area is 130 Å². The smallest absolute Gasteiger partial charge is 0.188 e. The lowest BCUT2D eigenvalue weighted by Crippen LogP contribution is -2.01. The number of pyridine rings is 1. The highest BCUT2D eigenvalue weighted by Gasteiger charge is 2.12. The Balaban J connectivity index is 2.44. The molecule has 106 valence electrons. The monoisotopic (exact) mass is 389 g/mol. The Hall–Kier alpha value is -1.41. The Morgan fingerprint density at radius 3 is 2.70 bits per heavy atom. The Morgan fingerprint density at radius 1 is 1.20 bits per heavy atom. The number of hydrogen-bond donors (Lipinski definition) is 0. The third-order valence-corrected chi connectivity index (χ3v) is 3.46. The van der Waals surface area contributed by atoms with Gasteiger partial charge in [0.1, 0.15) is 17.3 Å². The highest BCUT2D eigenvalue weighted by molar-refractivity contribution is 14.1. The van der Waals surface area contributed by atoms with Crippen LogP contribution >= 0.6 is 22.6 Å². The van der Waals surface area contributed by atoms with E-state index < -0.39 is 0 Å². The van der Waals surface area contributed by atoms with Crippen LogP contribution in [0.2, 0.25) is 0 Å². The second-order valence-electron chi connectivity index (χ2n) is 3.93. The van der Waals surface area contributed by atoms with Gasteiger partial charge in [-0.25, -0.2) is 4.39 Å². The van der Waals surface area contributed by atoms with Crippen LogP contribution in [0.25, 0.3) is 11.1 Å². The molecule has 4 nitrogen and oxygen atoms in total. The summed E-state index contributed by atoms with van der Waals surface area (Å²) in [6.07, 6.45) is 3.14. The predicted molar refractivity (Wildman–Crippen MR) is 81.4 cm³/mol. The molecule has 6 heteroatoms. The van der Waals surface area contributed by atoms with Gasteiger partial charge in [0, 0.05) is 24.4 Å². The van der Waals surface area contributed by atoms with E-state index in [4.69, 9.17) is 14.2 Å². The van der Waals surface area contributed by atoms with Gasteiger partial charge in [-0.1, -0.05) is 0 Å². The highest BCUT2D eigenvalue weighted by Crippen LogP contribution is 2.32. The quantitative estimate of drug-likeness (QED) is 0.580. The molecule has 0 saturated carbocycles. The maximum absolute atomic E-state index is 14.1. The molecule has 1 heterocycles. The molecule has 0 amide bonds. The Bertz CT molecular complexity index is 607. The van der Waals surface area contributed by atoms with E-state index >= 15 is 0 Å². The van der Waals surface area contributed by atoms with E-state index in [0.717, 1.165) is 0 Å². The third-order valence-electron chi connectivity index (χ3n) is 2.61. The van der Waals surface area contributed by atoms with Crippen molar-refractivity contribution in [3.63, 3.8) is 0 Å². The number of methoxy groups -OCH3 is 2. The molecule has 0 atom stereocenters. The van der Waals surface area contributed by atoms with Gasteiger partial charge in [0.05, 0.1) is 16.9 Å². The van der Waals surface area contributed by atoms with Crippen molar-refractivity contribution in [1.29, 1.82) is 0 Å². The second-order valence-corrected chi connectivity index (χ2v) is 5.09. The first-order valence-corrected chi connectivity index (χ1v) is 6.83. The second kappa shape index (κ2) is 6.85. The zero-order valence-electron chi connectivity index (χ0n) is 11.0. The molecule has 0 aliphatic carbocycles. The van der Waals surface area contributed by atoms with Crippen molar-refractivity contribution in [2.24, 2.45) is 0 Å². The van der Waals surface area contributed by atoms with Crippen molar-refractivity contribution in [3.8, 4) is 22.6 Å². The third kappa shape index (κ3) is 3.37. The number of aromatic nitrogens is 1. The van der Waals surface area contributed by atoms with Crippen LogP contribution in [0.3, 0.4) is 0 Å². The van der Waals surface area contributed by atoms with Crippen molar-refractivity contribution in [2.75, 3.05) is 21.0 Å². The fourth-order valence-corrected chi connectivity index (χ4v) is 2.25. The van der Waals surface area contributed by atoms with E-state index in [1.54, 1.807) is 24.5 Å². The van der Waals surface area contributed by atoms with E-state index in [-0.39, 0.29) is 12.6 Å². The van der Waals surface area contributed by atoms with Crippen molar-refractivity contribution in [1.82, 2.24) is 4.98 Å². The molecule has 0 aliphatic heterocycles. The maximum atomic E-state index is 14.1. The standard InChI is InChI=1S/C14H13FINO3/c1-18-8-20-14-4-11(12(15)5-13(14)16)9-3-10(19-2)7-17-6-9/h3-7H,8H2,1-2H3. The van der Waals surface area contributed by atoms with E-state index in [1.807, 2.05) is 22.6 Å². The summed E-state index contributed by atoms with van der Waals surface area (Å²) in [4.78, 5) is 4.03. The van der Waals surface area contributed by atoms with Gasteiger partial charge in [-0.2, -0.15) is 0 Å². The first kappa shape index (κ1) is 15.0. The molecule has 0 bridgehead atoms. The van der Waals surface area contributed by atoms with Crippen LogP contribution in [-0.4, -0.2) is 26.0 Å². The lowest BCUT2D eigenvalue weighted by molar-refractivity contribution is 0.0505. The molecule has 0 aliphatic rings. The molecule has 1 aromatic carbocycles. The summed E-state index contributed by atoms with van der Waals surface area (Å²) < 4.78 is 30.2. The Morgan fingerprint density at radius 2 is 2.00 bits per heavy atom. The summed E-state index contributed by atoms with van der Waals surface area (Å²) in [6, 6.07) is 4.77. The fraction of sp³-hybridized carbons (Fsp3) is 0.214. The SMILES string of the molecule is COCOc1cc(-c2cncc(OC)c2)c(F)cc1I. The van der Waals surface area contributed by atoms with Gasteiger partial charge in [-0.3, -0.25) is 4.98 Å². The molecule has 2 rings (SSSR count). The summed E-state index contributed by atoms with van der Waals surface area (Å²) in [5.41, 5.74) is 1.03. The molecule has 0 N–H and O–H groups in total. The first-order valence-electron chi connectivity index (χ1n) is 5.76. The summed E-state index contributed by atoms with van der Waals surface area (Å²) >= 11 is 2.01. The average Bonchev–Trinajstić information content (AvgIpc) is 2.46. The molecule has 20 heavy (non-hydrogen) atoms. The van der Waals surface area contributed by atoms with Gasteiger partial charge in [-0.05, 0) is 40.8 Å². The maximum Gasteiger partial charge on any atom is 0.188 e. The van der Waals surface area contributed by atoms with Crippen LogP contribution in [0, 0.1) is 9.39 Å². The van der Waals surface area contributed by atoms with Gasteiger partial charge >= 0.3 is 0 Å². The minimum absolute atomic E-state index is 0.109. The van der Waals surface area contributed by atoms with Crippen LogP contribution in [0.4, 0.5) is 4.39 Å². The molecule has 0 radical (unpaired) electrons. The summed E-state index contributed by atoms with van der Waals surface area (Å²) in [5, 5.41) is 0. The number of rotatable bonds is 5. The van der Waals surface area contributed by atoms with E-state index in [1.165, 1.54) is 20.3 Å². The zero-order chi connectivity index (χ0) is 14.5. The molecule has 0 fully saturated rings. The van der Waals surface area contributed by atoms with Crippen molar-refractivity contribution < 1.29 is 18.6 Å².